The summed E-state index contributed by atoms with van der Waals surface area (Å²) in [5, 5.41) is 6.84. The van der Waals surface area contributed by atoms with Gasteiger partial charge in [-0.2, -0.15) is 0 Å². The molecule has 19 heavy (non-hydrogen) atoms. The SMILES string of the molecule is COCCNC1(c2cccc(Cl)c2)C=C(N)NC=N1. The molecule has 0 amide bonds. The van der Waals surface area contributed by atoms with Crippen LogP contribution in [0.3, 0.4) is 0 Å². The number of halogens is 1. The van der Waals surface area contributed by atoms with Crippen molar-refractivity contribution in [3.63, 3.8) is 0 Å². The molecule has 1 aromatic carbocycles. The fourth-order valence-electron chi connectivity index (χ4n) is 1.94. The Morgan fingerprint density at radius 3 is 3.05 bits per heavy atom. The summed E-state index contributed by atoms with van der Waals surface area (Å²) >= 11 is 6.05. The molecule has 0 spiro atoms. The summed E-state index contributed by atoms with van der Waals surface area (Å²) in [6.45, 7) is 1.23. The van der Waals surface area contributed by atoms with E-state index < -0.39 is 5.66 Å². The Morgan fingerprint density at radius 2 is 2.37 bits per heavy atom. The molecule has 0 aromatic heterocycles. The van der Waals surface area contributed by atoms with Crippen LogP contribution in [0.15, 0.2) is 41.2 Å². The van der Waals surface area contributed by atoms with Gasteiger partial charge in [0, 0.05) is 24.8 Å². The van der Waals surface area contributed by atoms with E-state index in [9.17, 15) is 0 Å². The Morgan fingerprint density at radius 1 is 1.53 bits per heavy atom. The molecule has 1 aliphatic rings. The molecule has 1 atom stereocenters. The van der Waals surface area contributed by atoms with Crippen LogP contribution in [0.5, 0.6) is 0 Å². The van der Waals surface area contributed by atoms with Gasteiger partial charge in [0.25, 0.3) is 0 Å². The normalized spacial score (nSPS) is 21.9. The van der Waals surface area contributed by atoms with Crippen LogP contribution in [0.1, 0.15) is 5.56 Å². The summed E-state index contributed by atoms with van der Waals surface area (Å²) in [7, 11) is 1.66. The zero-order valence-electron chi connectivity index (χ0n) is 10.7. The van der Waals surface area contributed by atoms with Gasteiger partial charge in [-0.05, 0) is 17.7 Å². The highest BCUT2D eigenvalue weighted by molar-refractivity contribution is 6.30. The average molecular weight is 281 g/mol. The van der Waals surface area contributed by atoms with Crippen LogP contribution < -0.4 is 16.4 Å². The number of rotatable bonds is 5. The van der Waals surface area contributed by atoms with Gasteiger partial charge in [-0.3, -0.25) is 5.32 Å². The highest BCUT2D eigenvalue weighted by Crippen LogP contribution is 2.28. The van der Waals surface area contributed by atoms with E-state index >= 15 is 0 Å². The molecule has 0 fully saturated rings. The second-order valence-corrected chi connectivity index (χ2v) is 4.63. The number of methoxy groups -OCH3 is 1. The van der Waals surface area contributed by atoms with Crippen molar-refractivity contribution < 1.29 is 4.74 Å². The molecule has 0 aliphatic carbocycles. The Balaban J connectivity index is 2.34. The van der Waals surface area contributed by atoms with Crippen molar-refractivity contribution in [2.45, 2.75) is 5.66 Å². The molecular formula is C13H17ClN4O. The summed E-state index contributed by atoms with van der Waals surface area (Å²) in [5.74, 6) is 0.542. The molecule has 1 heterocycles. The van der Waals surface area contributed by atoms with Crippen molar-refractivity contribution in [3.8, 4) is 0 Å². The summed E-state index contributed by atoms with van der Waals surface area (Å²) in [4.78, 5) is 4.48. The molecule has 1 aliphatic heterocycles. The van der Waals surface area contributed by atoms with E-state index in [1.165, 1.54) is 0 Å². The predicted molar refractivity (Wildman–Crippen MR) is 76.9 cm³/mol. The third-order valence-electron chi connectivity index (χ3n) is 2.83. The van der Waals surface area contributed by atoms with E-state index in [0.717, 1.165) is 5.56 Å². The van der Waals surface area contributed by atoms with Crippen molar-refractivity contribution in [3.05, 3.63) is 46.7 Å². The number of aliphatic imine (C=N–C) groups is 1. The molecule has 1 aromatic rings. The van der Waals surface area contributed by atoms with Gasteiger partial charge in [0.1, 0.15) is 5.82 Å². The summed E-state index contributed by atoms with van der Waals surface area (Å²) in [5.41, 5.74) is 6.06. The topological polar surface area (TPSA) is 71.7 Å². The molecule has 0 saturated heterocycles. The minimum absolute atomic E-state index is 0.542. The van der Waals surface area contributed by atoms with Crippen LogP contribution in [0.2, 0.25) is 5.02 Å². The minimum atomic E-state index is -0.710. The highest BCUT2D eigenvalue weighted by atomic mass is 35.5. The second-order valence-electron chi connectivity index (χ2n) is 4.20. The summed E-state index contributed by atoms with van der Waals surface area (Å²) in [6.07, 6.45) is 3.41. The van der Waals surface area contributed by atoms with E-state index in [2.05, 4.69) is 15.6 Å². The standard InChI is InChI=1S/C13H17ClN4O/c1-19-6-5-17-13(8-12(15)16-9-18-13)10-3-2-4-11(14)7-10/h2-4,7-9,17H,5-6,15H2,1H3,(H,16,18). The Kier molecular flexibility index (Phi) is 4.42. The van der Waals surface area contributed by atoms with Gasteiger partial charge < -0.3 is 15.8 Å². The number of nitrogens with zero attached hydrogens (tertiary/aromatic N) is 1. The monoisotopic (exact) mass is 280 g/mol. The van der Waals surface area contributed by atoms with Crippen LogP contribution >= 0.6 is 11.6 Å². The van der Waals surface area contributed by atoms with Gasteiger partial charge in [-0.1, -0.05) is 23.7 Å². The maximum atomic E-state index is 6.05. The maximum absolute atomic E-state index is 6.05. The zero-order chi connectivity index (χ0) is 13.7. The first kappa shape index (κ1) is 13.9. The lowest BCUT2D eigenvalue weighted by atomic mass is 9.98. The fourth-order valence-corrected chi connectivity index (χ4v) is 2.13. The van der Waals surface area contributed by atoms with Crippen molar-refractivity contribution >= 4 is 17.9 Å². The number of hydrogen-bond donors (Lipinski definition) is 3. The van der Waals surface area contributed by atoms with Crippen molar-refractivity contribution in [1.82, 2.24) is 10.6 Å². The molecule has 2 rings (SSSR count). The van der Waals surface area contributed by atoms with Gasteiger partial charge in [0.2, 0.25) is 0 Å². The molecule has 5 nitrogen and oxygen atoms in total. The third-order valence-corrected chi connectivity index (χ3v) is 3.06. The molecule has 102 valence electrons. The summed E-state index contributed by atoms with van der Waals surface area (Å²) in [6, 6.07) is 7.54. The number of benzene rings is 1. The van der Waals surface area contributed by atoms with Gasteiger partial charge in [0.15, 0.2) is 5.66 Å². The van der Waals surface area contributed by atoms with Gasteiger partial charge in [0.05, 0.1) is 12.9 Å². The first-order valence-corrected chi connectivity index (χ1v) is 6.33. The lowest BCUT2D eigenvalue weighted by molar-refractivity contribution is 0.190. The van der Waals surface area contributed by atoms with E-state index in [-0.39, 0.29) is 0 Å². The minimum Gasteiger partial charge on any atom is -0.385 e. The first-order chi connectivity index (χ1) is 9.16. The van der Waals surface area contributed by atoms with Crippen LogP contribution in [0, 0.1) is 0 Å². The third kappa shape index (κ3) is 3.26. The smallest absolute Gasteiger partial charge is 0.160 e. The molecule has 1 unspecified atom stereocenters. The molecule has 6 heteroatoms. The van der Waals surface area contributed by atoms with Gasteiger partial charge >= 0.3 is 0 Å². The number of hydrogen-bond acceptors (Lipinski definition) is 5. The van der Waals surface area contributed by atoms with E-state index in [1.54, 1.807) is 13.4 Å². The highest BCUT2D eigenvalue weighted by Gasteiger charge is 2.30. The van der Waals surface area contributed by atoms with E-state index in [1.807, 2.05) is 30.3 Å². The Labute approximate surface area is 117 Å². The van der Waals surface area contributed by atoms with Crippen molar-refractivity contribution in [2.24, 2.45) is 10.7 Å². The van der Waals surface area contributed by atoms with Crippen LogP contribution in [-0.2, 0) is 10.4 Å². The first-order valence-electron chi connectivity index (χ1n) is 5.95. The van der Waals surface area contributed by atoms with E-state index in [4.69, 9.17) is 22.1 Å². The lowest BCUT2D eigenvalue weighted by Crippen LogP contribution is -2.45. The van der Waals surface area contributed by atoms with Crippen LogP contribution in [-0.4, -0.2) is 26.6 Å². The largest absolute Gasteiger partial charge is 0.385 e. The van der Waals surface area contributed by atoms with Crippen LogP contribution in [0.4, 0.5) is 0 Å². The quantitative estimate of drug-likeness (QED) is 0.708. The molecular weight excluding hydrogens is 264 g/mol. The predicted octanol–water partition coefficient (Wildman–Crippen LogP) is 1.16. The molecule has 0 saturated carbocycles. The Bertz CT molecular complexity index is 503. The lowest BCUT2D eigenvalue weighted by Gasteiger charge is -2.31. The molecule has 0 radical (unpaired) electrons. The summed E-state index contributed by atoms with van der Waals surface area (Å²) < 4.78 is 5.06. The number of ether oxygens (including phenoxy) is 1. The molecule has 4 N–H and O–H groups in total. The van der Waals surface area contributed by atoms with Gasteiger partial charge in [-0.15, -0.1) is 0 Å². The number of nitrogens with two attached hydrogens (primary N) is 1. The number of nitrogens with one attached hydrogen (secondary N) is 2. The maximum Gasteiger partial charge on any atom is 0.160 e. The Hall–Kier alpha value is -1.56. The van der Waals surface area contributed by atoms with Crippen molar-refractivity contribution in [2.75, 3.05) is 20.3 Å². The zero-order valence-corrected chi connectivity index (χ0v) is 11.4. The van der Waals surface area contributed by atoms with Gasteiger partial charge in [-0.25, -0.2) is 4.99 Å². The second kappa shape index (κ2) is 6.06. The fraction of sp³-hybridized carbons (Fsp3) is 0.308. The van der Waals surface area contributed by atoms with E-state index in [0.29, 0.717) is 24.0 Å². The molecule has 0 bridgehead atoms. The average Bonchev–Trinajstić information content (AvgIpc) is 2.39. The van der Waals surface area contributed by atoms with Crippen LogP contribution in [0.25, 0.3) is 0 Å². The van der Waals surface area contributed by atoms with Crippen molar-refractivity contribution in [1.29, 1.82) is 0 Å².